The van der Waals surface area contributed by atoms with Crippen LogP contribution in [0.5, 0.6) is 0 Å². The Bertz CT molecular complexity index is 1100. The van der Waals surface area contributed by atoms with Gasteiger partial charge in [-0.1, -0.05) is 18.2 Å². The van der Waals surface area contributed by atoms with Crippen LogP contribution < -0.4 is 10.5 Å². The van der Waals surface area contributed by atoms with Crippen LogP contribution in [-0.2, 0) is 23.0 Å². The summed E-state index contributed by atoms with van der Waals surface area (Å²) in [6.45, 7) is 2.44. The molecule has 0 radical (unpaired) electrons. The van der Waals surface area contributed by atoms with Gasteiger partial charge in [-0.15, -0.1) is 0 Å². The summed E-state index contributed by atoms with van der Waals surface area (Å²) in [7, 11) is -3.34. The molecule has 3 N–H and O–H groups in total. The lowest BCUT2D eigenvalue weighted by Crippen LogP contribution is -2.22. The molecule has 3 aromatic rings. The number of para-hydroxylation sites is 1. The van der Waals surface area contributed by atoms with Crippen molar-refractivity contribution in [3.05, 3.63) is 65.1 Å². The van der Waals surface area contributed by atoms with Crippen LogP contribution in [0.2, 0.25) is 0 Å². The third kappa shape index (κ3) is 4.08. The summed E-state index contributed by atoms with van der Waals surface area (Å²) < 4.78 is 26.6. The quantitative estimate of drug-likeness (QED) is 0.669. The summed E-state index contributed by atoms with van der Waals surface area (Å²) in [6.07, 6.45) is 3.27. The average Bonchev–Trinajstić information content (AvgIpc) is 2.91. The second-order valence-corrected chi connectivity index (χ2v) is 8.22. The Hall–Kier alpha value is -2.55. The highest BCUT2D eigenvalue weighted by Gasteiger charge is 2.19. The highest BCUT2D eigenvalue weighted by atomic mass is 32.2. The maximum absolute atomic E-state index is 13.2. The molecule has 0 saturated carbocycles. The fourth-order valence-corrected chi connectivity index (χ4v) is 3.61. The highest BCUT2D eigenvalue weighted by Crippen LogP contribution is 2.27. The molecular weight excluding hydrogens is 364 g/mol. The average molecular weight is 386 g/mol. The van der Waals surface area contributed by atoms with E-state index in [4.69, 9.17) is 5.73 Å². The van der Waals surface area contributed by atoms with Crippen molar-refractivity contribution in [2.24, 2.45) is 5.73 Å². The largest absolute Gasteiger partial charge is 0.330 e. The topological polar surface area (TPSA) is 107 Å². The van der Waals surface area contributed by atoms with Gasteiger partial charge in [-0.25, -0.2) is 13.1 Å². The minimum Gasteiger partial charge on any atom is -0.330 e. The van der Waals surface area contributed by atoms with Gasteiger partial charge in [0.1, 0.15) is 0 Å². The molecule has 0 amide bonds. The van der Waals surface area contributed by atoms with Crippen molar-refractivity contribution >= 4 is 26.8 Å². The molecule has 0 fully saturated rings. The summed E-state index contributed by atoms with van der Waals surface area (Å²) in [5.41, 5.74) is 9.42. The Morgan fingerprint density at radius 1 is 1.26 bits per heavy atom. The van der Waals surface area contributed by atoms with Gasteiger partial charge in [-0.05, 0) is 43.7 Å². The van der Waals surface area contributed by atoms with Crippen LogP contribution in [0.4, 0.5) is 0 Å². The number of nitrogens with zero attached hydrogens (tertiary/aromatic N) is 2. The fraction of sp³-hybridized carbons (Fsp3) is 0.263. The van der Waals surface area contributed by atoms with Crippen LogP contribution in [0.15, 0.2) is 42.6 Å². The van der Waals surface area contributed by atoms with E-state index in [9.17, 15) is 13.2 Å². The molecule has 2 heterocycles. The second-order valence-electron chi connectivity index (χ2n) is 6.39. The van der Waals surface area contributed by atoms with Crippen LogP contribution in [0, 0.1) is 6.92 Å². The number of aromatic nitrogens is 2. The molecule has 0 saturated heterocycles. The third-order valence-corrected chi connectivity index (χ3v) is 5.09. The van der Waals surface area contributed by atoms with Gasteiger partial charge in [0.2, 0.25) is 10.0 Å². The molecular formula is C19H22N4O3S. The number of hydrogen-bond acceptors (Lipinski definition) is 5. The molecule has 1 aromatic carbocycles. The van der Waals surface area contributed by atoms with Gasteiger partial charge in [-0.3, -0.25) is 14.3 Å². The van der Waals surface area contributed by atoms with E-state index in [1.165, 1.54) is 6.20 Å². The van der Waals surface area contributed by atoms with E-state index in [0.29, 0.717) is 24.2 Å². The zero-order chi connectivity index (χ0) is 19.6. The summed E-state index contributed by atoms with van der Waals surface area (Å²) in [5.74, 6) is -0.185. The molecule has 0 unspecified atom stereocenters. The number of rotatable bonds is 6. The van der Waals surface area contributed by atoms with E-state index in [-0.39, 0.29) is 12.5 Å². The molecule has 0 aliphatic heterocycles. The minimum absolute atomic E-state index is 0.0315. The van der Waals surface area contributed by atoms with Gasteiger partial charge in [0.15, 0.2) is 0 Å². The van der Waals surface area contributed by atoms with Crippen LogP contribution in [0.25, 0.3) is 10.9 Å². The molecule has 8 heteroatoms. The van der Waals surface area contributed by atoms with E-state index in [1.807, 2.05) is 31.2 Å². The zero-order valence-corrected chi connectivity index (χ0v) is 16.1. The Morgan fingerprint density at radius 2 is 2.00 bits per heavy atom. The molecule has 0 aliphatic carbocycles. The van der Waals surface area contributed by atoms with Crippen molar-refractivity contribution < 1.29 is 13.2 Å². The fourth-order valence-electron chi connectivity index (χ4n) is 3.20. The molecule has 3 rings (SSSR count). The normalized spacial score (nSPS) is 11.8. The van der Waals surface area contributed by atoms with Gasteiger partial charge >= 0.3 is 0 Å². The van der Waals surface area contributed by atoms with Crippen molar-refractivity contribution in [3.8, 4) is 0 Å². The smallest absolute Gasteiger partial charge is 0.262 e. The maximum atomic E-state index is 13.2. The lowest BCUT2D eigenvalue weighted by molar-refractivity contribution is 0.0962. The van der Waals surface area contributed by atoms with E-state index >= 15 is 0 Å². The van der Waals surface area contributed by atoms with Gasteiger partial charge in [0.25, 0.3) is 5.91 Å². The molecule has 0 bridgehead atoms. The summed E-state index contributed by atoms with van der Waals surface area (Å²) >= 11 is 0. The van der Waals surface area contributed by atoms with Crippen molar-refractivity contribution in [2.75, 3.05) is 12.8 Å². The molecule has 142 valence electrons. The number of carbonyl (C=O) groups excluding carboxylic acids is 1. The molecule has 0 atom stereocenters. The first-order valence-corrected chi connectivity index (χ1v) is 10.4. The van der Waals surface area contributed by atoms with E-state index in [2.05, 4.69) is 9.71 Å². The number of pyridine rings is 1. The third-order valence-electron chi connectivity index (χ3n) is 4.42. The molecule has 27 heavy (non-hydrogen) atoms. The van der Waals surface area contributed by atoms with Gasteiger partial charge in [0, 0.05) is 22.8 Å². The number of fused-ring (bicyclic) bond motifs is 1. The summed E-state index contributed by atoms with van der Waals surface area (Å²) in [5, 5.41) is 1.02. The van der Waals surface area contributed by atoms with Crippen molar-refractivity contribution in [1.82, 2.24) is 14.3 Å². The first kappa shape index (κ1) is 19.2. The standard InChI is InChI=1S/C19H22N4O3S/c1-13-16(7-9-20)17-5-3-4-6-18(17)23(13)19(24)14-8-10-21-15(11-14)12-22-27(2,25)26/h3-6,8,10-11,22H,7,9,12,20H2,1-2H3. The van der Waals surface area contributed by atoms with Crippen LogP contribution in [-0.4, -0.2) is 36.7 Å². The molecule has 2 aromatic heterocycles. The Kier molecular flexibility index (Phi) is 5.41. The number of benzene rings is 1. The Morgan fingerprint density at radius 3 is 2.70 bits per heavy atom. The zero-order valence-electron chi connectivity index (χ0n) is 15.3. The summed E-state index contributed by atoms with van der Waals surface area (Å²) in [4.78, 5) is 17.4. The van der Waals surface area contributed by atoms with Crippen LogP contribution >= 0.6 is 0 Å². The van der Waals surface area contributed by atoms with Crippen LogP contribution in [0.1, 0.15) is 27.3 Å². The number of carbonyl (C=O) groups is 1. The predicted octanol–water partition coefficient (Wildman–Crippen LogP) is 1.58. The van der Waals surface area contributed by atoms with Gasteiger partial charge < -0.3 is 5.73 Å². The second kappa shape index (κ2) is 7.59. The van der Waals surface area contributed by atoms with Gasteiger partial charge in [0.05, 0.1) is 24.0 Å². The lowest BCUT2D eigenvalue weighted by Gasteiger charge is -2.09. The maximum Gasteiger partial charge on any atom is 0.262 e. The van der Waals surface area contributed by atoms with E-state index < -0.39 is 10.0 Å². The SMILES string of the molecule is Cc1c(CCN)c2ccccc2n1C(=O)c1ccnc(CNS(C)(=O)=O)c1. The molecule has 0 spiro atoms. The van der Waals surface area contributed by atoms with Crippen LogP contribution in [0.3, 0.4) is 0 Å². The minimum atomic E-state index is -3.34. The first-order chi connectivity index (χ1) is 12.8. The Balaban J connectivity index is 2.03. The van der Waals surface area contributed by atoms with Crippen molar-refractivity contribution in [2.45, 2.75) is 19.9 Å². The first-order valence-electron chi connectivity index (χ1n) is 8.55. The lowest BCUT2D eigenvalue weighted by atomic mass is 10.1. The molecule has 0 aliphatic rings. The van der Waals surface area contributed by atoms with Crippen molar-refractivity contribution in [1.29, 1.82) is 0 Å². The van der Waals surface area contributed by atoms with E-state index in [1.54, 1.807) is 16.7 Å². The van der Waals surface area contributed by atoms with Gasteiger partial charge in [-0.2, -0.15) is 0 Å². The van der Waals surface area contributed by atoms with Crippen molar-refractivity contribution in [3.63, 3.8) is 0 Å². The number of nitrogens with one attached hydrogen (secondary N) is 1. The highest BCUT2D eigenvalue weighted by molar-refractivity contribution is 7.88. The van der Waals surface area contributed by atoms with E-state index in [0.717, 1.165) is 28.4 Å². The summed E-state index contributed by atoms with van der Waals surface area (Å²) in [6, 6.07) is 11.0. The number of nitrogens with two attached hydrogens (primary N) is 1. The monoisotopic (exact) mass is 386 g/mol. The number of sulfonamides is 1. The number of hydrogen-bond donors (Lipinski definition) is 2. The molecule has 7 nitrogen and oxygen atoms in total. The predicted molar refractivity (Wildman–Crippen MR) is 105 cm³/mol. The Labute approximate surface area is 158 Å².